The molecule has 120 valence electrons. The van der Waals surface area contributed by atoms with E-state index in [9.17, 15) is 14.4 Å². The molecule has 1 atom stereocenters. The van der Waals surface area contributed by atoms with Gasteiger partial charge in [-0.2, -0.15) is 0 Å². The van der Waals surface area contributed by atoms with Crippen molar-refractivity contribution in [3.05, 3.63) is 45.2 Å². The minimum absolute atomic E-state index is 0.0271. The number of hydrogen-bond acceptors (Lipinski definition) is 4. The molecular weight excluding hydrogens is 294 g/mol. The number of aldehydes is 1. The predicted molar refractivity (Wildman–Crippen MR) is 86.8 cm³/mol. The summed E-state index contributed by atoms with van der Waals surface area (Å²) in [4.78, 5) is 35.8. The van der Waals surface area contributed by atoms with Crippen molar-refractivity contribution in [3.63, 3.8) is 0 Å². The fourth-order valence-electron chi connectivity index (χ4n) is 3.35. The van der Waals surface area contributed by atoms with E-state index in [0.29, 0.717) is 24.8 Å². The Balaban J connectivity index is 2.28. The number of rotatable bonds is 4. The van der Waals surface area contributed by atoms with Gasteiger partial charge in [-0.1, -0.05) is 6.07 Å². The number of hydrogen-bond donors (Lipinski definition) is 0. The van der Waals surface area contributed by atoms with Crippen LogP contribution in [0.15, 0.2) is 23.1 Å². The molecule has 0 saturated heterocycles. The second kappa shape index (κ2) is 5.99. The lowest BCUT2D eigenvalue weighted by Crippen LogP contribution is -2.21. The Bertz CT molecular complexity index is 850. The SMILES string of the molecule is CCOC(=O)c1cn(CC)c2c3c(ccc2c1=O)CC(C=O)C3. The van der Waals surface area contributed by atoms with Gasteiger partial charge in [0.05, 0.1) is 12.1 Å². The van der Waals surface area contributed by atoms with Gasteiger partial charge in [-0.3, -0.25) is 4.79 Å². The molecule has 1 heterocycles. The van der Waals surface area contributed by atoms with Gasteiger partial charge in [0.25, 0.3) is 0 Å². The van der Waals surface area contributed by atoms with Crippen molar-refractivity contribution in [3.8, 4) is 0 Å². The minimum atomic E-state index is -0.590. The summed E-state index contributed by atoms with van der Waals surface area (Å²) in [6.07, 6.45) is 3.92. The van der Waals surface area contributed by atoms with E-state index >= 15 is 0 Å². The summed E-state index contributed by atoms with van der Waals surface area (Å²) in [7, 11) is 0. The Labute approximate surface area is 133 Å². The summed E-state index contributed by atoms with van der Waals surface area (Å²) in [5, 5.41) is 0.516. The number of pyridine rings is 1. The van der Waals surface area contributed by atoms with E-state index in [1.54, 1.807) is 19.2 Å². The molecule has 0 bridgehead atoms. The lowest BCUT2D eigenvalue weighted by Gasteiger charge is -2.14. The van der Waals surface area contributed by atoms with Crippen LogP contribution in [0.2, 0.25) is 0 Å². The molecule has 0 radical (unpaired) electrons. The van der Waals surface area contributed by atoms with Crippen LogP contribution in [0.4, 0.5) is 0 Å². The molecule has 0 spiro atoms. The average molecular weight is 313 g/mol. The maximum Gasteiger partial charge on any atom is 0.343 e. The van der Waals surface area contributed by atoms with Crippen molar-refractivity contribution in [1.82, 2.24) is 4.57 Å². The van der Waals surface area contributed by atoms with Gasteiger partial charge in [0.15, 0.2) is 0 Å². The number of aryl methyl sites for hydroxylation is 1. The molecule has 5 heteroatoms. The highest BCUT2D eigenvalue weighted by atomic mass is 16.5. The van der Waals surface area contributed by atoms with Crippen molar-refractivity contribution >= 4 is 23.2 Å². The largest absolute Gasteiger partial charge is 0.462 e. The third-order valence-corrected chi connectivity index (χ3v) is 4.42. The van der Waals surface area contributed by atoms with Crippen molar-refractivity contribution in [2.24, 2.45) is 5.92 Å². The van der Waals surface area contributed by atoms with Gasteiger partial charge in [0.1, 0.15) is 11.8 Å². The normalized spacial score (nSPS) is 16.3. The highest BCUT2D eigenvalue weighted by Gasteiger charge is 2.26. The molecule has 0 aliphatic heterocycles. The van der Waals surface area contributed by atoms with E-state index < -0.39 is 5.97 Å². The number of carbonyl (C=O) groups excluding carboxylic acids is 2. The molecule has 5 nitrogen and oxygen atoms in total. The van der Waals surface area contributed by atoms with Gasteiger partial charge in [-0.05, 0) is 43.9 Å². The molecular formula is C18H19NO4. The third-order valence-electron chi connectivity index (χ3n) is 4.42. The summed E-state index contributed by atoms with van der Waals surface area (Å²) < 4.78 is 6.90. The summed E-state index contributed by atoms with van der Waals surface area (Å²) in [5.41, 5.74) is 2.76. The first-order valence-electron chi connectivity index (χ1n) is 7.91. The Hall–Kier alpha value is -2.43. The van der Waals surface area contributed by atoms with Gasteiger partial charge in [-0.25, -0.2) is 4.79 Å². The molecule has 0 N–H and O–H groups in total. The number of fused-ring (bicyclic) bond motifs is 3. The standard InChI is InChI=1S/C18H19NO4/c1-3-19-9-15(18(22)23-4-2)17(21)13-6-5-12-7-11(10-20)8-14(12)16(13)19/h5-6,9-11H,3-4,7-8H2,1-2H3. The molecule has 0 amide bonds. The number of benzene rings is 1. The highest BCUT2D eigenvalue weighted by Crippen LogP contribution is 2.31. The predicted octanol–water partition coefficient (Wildman–Crippen LogP) is 2.11. The van der Waals surface area contributed by atoms with Crippen LogP contribution in [0.5, 0.6) is 0 Å². The second-order valence-electron chi connectivity index (χ2n) is 5.78. The number of esters is 1. The van der Waals surface area contributed by atoms with Crippen LogP contribution in [0.25, 0.3) is 10.9 Å². The lowest BCUT2D eigenvalue weighted by molar-refractivity contribution is -0.110. The van der Waals surface area contributed by atoms with Gasteiger partial charge in [0, 0.05) is 24.0 Å². The molecule has 1 unspecified atom stereocenters. The van der Waals surface area contributed by atoms with Crippen LogP contribution >= 0.6 is 0 Å². The van der Waals surface area contributed by atoms with Crippen LogP contribution in [0, 0.1) is 5.92 Å². The van der Waals surface area contributed by atoms with Gasteiger partial charge in [-0.15, -0.1) is 0 Å². The molecule has 3 rings (SSSR count). The van der Waals surface area contributed by atoms with Crippen LogP contribution in [0.1, 0.15) is 35.3 Å². The molecule has 1 aromatic heterocycles. The monoisotopic (exact) mass is 313 g/mol. The molecule has 1 aliphatic rings. The lowest BCUT2D eigenvalue weighted by atomic mass is 10.0. The van der Waals surface area contributed by atoms with Crippen LogP contribution in [-0.2, 0) is 28.9 Å². The summed E-state index contributed by atoms with van der Waals surface area (Å²) in [5.74, 6) is -0.617. The van der Waals surface area contributed by atoms with Crippen molar-refractivity contribution in [1.29, 1.82) is 0 Å². The molecule has 0 saturated carbocycles. The maximum atomic E-state index is 12.7. The van der Waals surface area contributed by atoms with E-state index in [2.05, 4.69) is 0 Å². The van der Waals surface area contributed by atoms with E-state index in [1.807, 2.05) is 17.6 Å². The van der Waals surface area contributed by atoms with E-state index in [4.69, 9.17) is 4.74 Å². The highest BCUT2D eigenvalue weighted by molar-refractivity contribution is 5.95. The first-order chi connectivity index (χ1) is 11.1. The van der Waals surface area contributed by atoms with Crippen molar-refractivity contribution in [2.75, 3.05) is 6.61 Å². The first-order valence-corrected chi connectivity index (χ1v) is 7.91. The Morgan fingerprint density at radius 1 is 1.35 bits per heavy atom. The fraction of sp³-hybridized carbons (Fsp3) is 0.389. The maximum absolute atomic E-state index is 12.7. The van der Waals surface area contributed by atoms with Crippen LogP contribution < -0.4 is 5.43 Å². The third kappa shape index (κ3) is 2.46. The average Bonchev–Trinajstić information content (AvgIpc) is 2.98. The molecule has 1 aliphatic carbocycles. The molecule has 1 aromatic carbocycles. The van der Waals surface area contributed by atoms with Gasteiger partial charge < -0.3 is 14.1 Å². The summed E-state index contributed by atoms with van der Waals surface area (Å²) >= 11 is 0. The van der Waals surface area contributed by atoms with Crippen molar-refractivity contribution in [2.45, 2.75) is 33.2 Å². The second-order valence-corrected chi connectivity index (χ2v) is 5.78. The van der Waals surface area contributed by atoms with E-state index in [0.717, 1.165) is 22.9 Å². The smallest absolute Gasteiger partial charge is 0.343 e. The van der Waals surface area contributed by atoms with Crippen LogP contribution in [-0.4, -0.2) is 23.4 Å². The molecule has 2 aromatic rings. The first kappa shape index (κ1) is 15.5. The molecule has 23 heavy (non-hydrogen) atoms. The Morgan fingerprint density at radius 3 is 2.78 bits per heavy atom. The fourth-order valence-corrected chi connectivity index (χ4v) is 3.35. The van der Waals surface area contributed by atoms with E-state index in [1.165, 1.54) is 0 Å². The van der Waals surface area contributed by atoms with Gasteiger partial charge >= 0.3 is 5.97 Å². The number of nitrogens with zero attached hydrogens (tertiary/aromatic N) is 1. The number of aromatic nitrogens is 1. The minimum Gasteiger partial charge on any atom is -0.462 e. The zero-order valence-electron chi connectivity index (χ0n) is 13.3. The van der Waals surface area contributed by atoms with E-state index in [-0.39, 0.29) is 23.5 Å². The van der Waals surface area contributed by atoms with Gasteiger partial charge in [0.2, 0.25) is 5.43 Å². The molecule has 0 fully saturated rings. The van der Waals surface area contributed by atoms with Crippen molar-refractivity contribution < 1.29 is 14.3 Å². The number of ether oxygens (including phenoxy) is 1. The zero-order valence-corrected chi connectivity index (χ0v) is 13.3. The zero-order chi connectivity index (χ0) is 16.6. The summed E-state index contributed by atoms with van der Waals surface area (Å²) in [6.45, 7) is 4.53. The summed E-state index contributed by atoms with van der Waals surface area (Å²) in [6, 6.07) is 3.66. The topological polar surface area (TPSA) is 65.4 Å². The Morgan fingerprint density at radius 2 is 2.13 bits per heavy atom. The Kier molecular flexibility index (Phi) is 4.03. The quantitative estimate of drug-likeness (QED) is 0.640. The van der Waals surface area contributed by atoms with Crippen LogP contribution in [0.3, 0.4) is 0 Å². The number of carbonyl (C=O) groups is 2.